The number of anilines is 3. The van der Waals surface area contributed by atoms with E-state index in [1.54, 1.807) is 39.5 Å². The maximum atomic E-state index is 12.5. The number of amides is 1. The van der Waals surface area contributed by atoms with Crippen molar-refractivity contribution in [2.75, 3.05) is 31.4 Å². The minimum Gasteiger partial charge on any atom is -0.494 e. The number of hydrogen-bond acceptors (Lipinski definition) is 8. The molecule has 0 radical (unpaired) electrons. The van der Waals surface area contributed by atoms with Crippen LogP contribution in [0.2, 0.25) is 0 Å². The third-order valence-electron chi connectivity index (χ3n) is 4.22. The van der Waals surface area contributed by atoms with Crippen molar-refractivity contribution in [3.05, 3.63) is 54.0 Å². The summed E-state index contributed by atoms with van der Waals surface area (Å²) in [5, 5.41) is 6.24. The van der Waals surface area contributed by atoms with Crippen LogP contribution in [0.15, 0.2) is 42.9 Å². The number of nitrogens with zero attached hydrogens (tertiary/aromatic N) is 3. The highest BCUT2D eigenvalue weighted by molar-refractivity contribution is 6.00. The zero-order valence-electron chi connectivity index (χ0n) is 17.3. The molecule has 1 amide bonds. The number of rotatable bonds is 8. The normalized spacial score (nSPS) is 10.4. The van der Waals surface area contributed by atoms with Gasteiger partial charge in [0.05, 0.1) is 36.2 Å². The number of nitrogens with one attached hydrogen (secondary N) is 3. The predicted molar refractivity (Wildman–Crippen MR) is 115 cm³/mol. The van der Waals surface area contributed by atoms with E-state index < -0.39 is 5.91 Å². The highest BCUT2D eigenvalue weighted by Crippen LogP contribution is 2.37. The summed E-state index contributed by atoms with van der Waals surface area (Å²) in [6.07, 6.45) is 4.97. The highest BCUT2D eigenvalue weighted by Gasteiger charge is 2.17. The first-order chi connectivity index (χ1) is 14.6. The van der Waals surface area contributed by atoms with E-state index in [0.717, 1.165) is 11.1 Å². The van der Waals surface area contributed by atoms with Crippen LogP contribution in [0.4, 0.5) is 17.2 Å². The van der Waals surface area contributed by atoms with Crippen molar-refractivity contribution in [2.45, 2.75) is 13.8 Å². The van der Waals surface area contributed by atoms with Crippen molar-refractivity contribution < 1.29 is 14.4 Å². The molecular formula is C21H24N6O3. The van der Waals surface area contributed by atoms with Crippen LogP contribution in [0.25, 0.3) is 11.4 Å². The fraction of sp³-hybridized carbons (Fsp3) is 0.238. The Balaban J connectivity index is 2.02. The van der Waals surface area contributed by atoms with Crippen LogP contribution in [0.1, 0.15) is 22.8 Å². The van der Waals surface area contributed by atoms with Gasteiger partial charge >= 0.3 is 0 Å². The molecular weight excluding hydrogens is 384 g/mol. The van der Waals surface area contributed by atoms with Gasteiger partial charge in [0.1, 0.15) is 5.82 Å². The van der Waals surface area contributed by atoms with Gasteiger partial charge in [-0.1, -0.05) is 6.07 Å². The van der Waals surface area contributed by atoms with Crippen LogP contribution in [-0.4, -0.2) is 41.6 Å². The molecule has 0 fully saturated rings. The van der Waals surface area contributed by atoms with E-state index in [0.29, 0.717) is 40.9 Å². The second-order valence-electron chi connectivity index (χ2n) is 6.32. The largest absolute Gasteiger partial charge is 0.494 e. The van der Waals surface area contributed by atoms with E-state index >= 15 is 0 Å². The molecule has 0 saturated carbocycles. The number of hydroxylamine groups is 1. The van der Waals surface area contributed by atoms with Gasteiger partial charge in [-0.3, -0.25) is 9.63 Å². The number of ether oxygens (including phenoxy) is 1. The lowest BCUT2D eigenvalue weighted by atomic mass is 10.1. The van der Waals surface area contributed by atoms with Gasteiger partial charge in [0.15, 0.2) is 11.6 Å². The Morgan fingerprint density at radius 3 is 2.53 bits per heavy atom. The Labute approximate surface area is 174 Å². The third-order valence-corrected chi connectivity index (χ3v) is 4.22. The highest BCUT2D eigenvalue weighted by atomic mass is 16.6. The van der Waals surface area contributed by atoms with Gasteiger partial charge in [0.25, 0.3) is 5.91 Å². The third kappa shape index (κ3) is 4.64. The fourth-order valence-electron chi connectivity index (χ4n) is 2.78. The number of hydrogen-bond donors (Lipinski definition) is 3. The lowest BCUT2D eigenvalue weighted by molar-refractivity contribution is 0.0365. The second-order valence-corrected chi connectivity index (χ2v) is 6.32. The van der Waals surface area contributed by atoms with Crippen molar-refractivity contribution in [1.29, 1.82) is 0 Å². The summed E-state index contributed by atoms with van der Waals surface area (Å²) >= 11 is 0. The number of benzene rings is 1. The zero-order valence-corrected chi connectivity index (χ0v) is 17.3. The summed E-state index contributed by atoms with van der Waals surface area (Å²) in [5.41, 5.74) is 5.59. The van der Waals surface area contributed by atoms with Crippen molar-refractivity contribution in [3.63, 3.8) is 0 Å². The number of pyridine rings is 1. The van der Waals surface area contributed by atoms with Crippen molar-refractivity contribution in [2.24, 2.45) is 0 Å². The molecule has 0 bridgehead atoms. The molecule has 0 saturated heterocycles. The Hall–Kier alpha value is -3.72. The molecule has 2 heterocycles. The maximum Gasteiger partial charge on any atom is 0.278 e. The zero-order chi connectivity index (χ0) is 21.5. The lowest BCUT2D eigenvalue weighted by Gasteiger charge is -2.17. The SMILES string of the molecule is CCONC(=O)c1cnc(NC)cc1Nc1cccc(-c2ncc(C)cn2)c1OC. The van der Waals surface area contributed by atoms with E-state index in [-0.39, 0.29) is 0 Å². The van der Waals surface area contributed by atoms with Crippen LogP contribution >= 0.6 is 0 Å². The number of para-hydroxylation sites is 1. The molecule has 9 heteroatoms. The molecule has 3 N–H and O–H groups in total. The number of carbonyl (C=O) groups excluding carboxylic acids is 1. The van der Waals surface area contributed by atoms with E-state index in [4.69, 9.17) is 9.57 Å². The Kier molecular flexibility index (Phi) is 6.76. The molecule has 0 atom stereocenters. The van der Waals surface area contributed by atoms with Gasteiger partial charge in [-0.05, 0) is 31.5 Å². The topological polar surface area (TPSA) is 110 Å². The summed E-state index contributed by atoms with van der Waals surface area (Å²) in [7, 11) is 3.33. The summed E-state index contributed by atoms with van der Waals surface area (Å²) in [5.74, 6) is 1.29. The van der Waals surface area contributed by atoms with Crippen LogP contribution < -0.4 is 20.9 Å². The molecule has 9 nitrogen and oxygen atoms in total. The van der Waals surface area contributed by atoms with E-state index in [2.05, 4.69) is 31.1 Å². The average Bonchev–Trinajstić information content (AvgIpc) is 2.77. The van der Waals surface area contributed by atoms with Gasteiger partial charge < -0.3 is 15.4 Å². The van der Waals surface area contributed by atoms with Crippen molar-refractivity contribution >= 4 is 23.1 Å². The molecule has 0 aliphatic rings. The minimum absolute atomic E-state index is 0.321. The molecule has 156 valence electrons. The standard InChI is InChI=1S/C21H24N6O3/c1-5-30-27-21(28)15-12-23-18(22-3)9-17(15)26-16-8-6-7-14(19(16)29-4)20-24-10-13(2)11-25-20/h6-12H,5H2,1-4H3,(H,27,28)(H2,22,23,26). The van der Waals surface area contributed by atoms with E-state index in [9.17, 15) is 4.79 Å². The first kappa shape index (κ1) is 21.0. The number of aromatic nitrogens is 3. The number of carbonyl (C=O) groups is 1. The van der Waals surface area contributed by atoms with Gasteiger partial charge in [-0.25, -0.2) is 20.4 Å². The second kappa shape index (κ2) is 9.66. The van der Waals surface area contributed by atoms with Crippen molar-refractivity contribution in [1.82, 2.24) is 20.4 Å². The van der Waals surface area contributed by atoms with Crippen LogP contribution in [0, 0.1) is 6.92 Å². The Morgan fingerprint density at radius 2 is 1.87 bits per heavy atom. The minimum atomic E-state index is -0.411. The predicted octanol–water partition coefficient (Wildman–Crippen LogP) is 3.32. The number of aryl methyl sites for hydroxylation is 1. The maximum absolute atomic E-state index is 12.5. The fourth-order valence-corrected chi connectivity index (χ4v) is 2.78. The van der Waals surface area contributed by atoms with Gasteiger partial charge in [0, 0.05) is 31.7 Å². The molecule has 0 spiro atoms. The van der Waals surface area contributed by atoms with Crippen LogP contribution in [0.5, 0.6) is 5.75 Å². The van der Waals surface area contributed by atoms with Gasteiger partial charge in [-0.2, -0.15) is 0 Å². The Bertz CT molecular complexity index is 1020. The molecule has 0 aliphatic carbocycles. The van der Waals surface area contributed by atoms with E-state index in [1.165, 1.54) is 6.20 Å². The van der Waals surface area contributed by atoms with Crippen LogP contribution in [0.3, 0.4) is 0 Å². The smallest absolute Gasteiger partial charge is 0.278 e. The molecule has 3 rings (SSSR count). The van der Waals surface area contributed by atoms with E-state index in [1.807, 2.05) is 25.1 Å². The average molecular weight is 408 g/mol. The summed E-state index contributed by atoms with van der Waals surface area (Å²) in [4.78, 5) is 30.5. The lowest BCUT2D eigenvalue weighted by Crippen LogP contribution is -2.24. The van der Waals surface area contributed by atoms with Crippen LogP contribution in [-0.2, 0) is 4.84 Å². The summed E-state index contributed by atoms with van der Waals surface area (Å²) in [6, 6.07) is 7.32. The first-order valence-corrected chi connectivity index (χ1v) is 9.40. The molecule has 1 aromatic carbocycles. The molecule has 2 aromatic heterocycles. The quantitative estimate of drug-likeness (QED) is 0.487. The van der Waals surface area contributed by atoms with Crippen molar-refractivity contribution in [3.8, 4) is 17.1 Å². The Morgan fingerprint density at radius 1 is 1.10 bits per heavy atom. The first-order valence-electron chi connectivity index (χ1n) is 9.40. The number of methoxy groups -OCH3 is 1. The molecule has 0 aliphatic heterocycles. The monoisotopic (exact) mass is 408 g/mol. The summed E-state index contributed by atoms with van der Waals surface area (Å²) < 4.78 is 5.66. The van der Waals surface area contributed by atoms with Gasteiger partial charge in [0.2, 0.25) is 0 Å². The molecule has 0 unspecified atom stereocenters. The van der Waals surface area contributed by atoms with Gasteiger partial charge in [-0.15, -0.1) is 0 Å². The molecule has 30 heavy (non-hydrogen) atoms. The molecule has 3 aromatic rings. The summed E-state index contributed by atoms with van der Waals surface area (Å²) in [6.45, 7) is 4.06.